The molecule has 2 aromatic rings. The van der Waals surface area contributed by atoms with Gasteiger partial charge in [0.1, 0.15) is 0 Å². The Labute approximate surface area is 226 Å². The van der Waals surface area contributed by atoms with Crippen LogP contribution in [0.4, 0.5) is 0 Å². The van der Waals surface area contributed by atoms with Crippen molar-refractivity contribution >= 4 is 70.7 Å². The molecule has 0 aliphatic carbocycles. The number of halogens is 1. The summed E-state index contributed by atoms with van der Waals surface area (Å²) in [7, 11) is -3.52. The predicted molar refractivity (Wildman–Crippen MR) is 156 cm³/mol. The van der Waals surface area contributed by atoms with Crippen LogP contribution in [-0.4, -0.2) is 28.5 Å². The molecule has 1 aromatic carbocycles. The van der Waals surface area contributed by atoms with E-state index in [4.69, 9.17) is 0 Å². The van der Waals surface area contributed by atoms with E-state index in [1.807, 2.05) is 6.07 Å². The molecule has 0 fully saturated rings. The molecule has 0 aliphatic heterocycles. The predicted octanol–water partition coefficient (Wildman–Crippen LogP) is 7.51. The van der Waals surface area contributed by atoms with Gasteiger partial charge < -0.3 is 0 Å². The van der Waals surface area contributed by atoms with Gasteiger partial charge in [-0.15, -0.1) is 0 Å². The Bertz CT molecular complexity index is 1160. The summed E-state index contributed by atoms with van der Waals surface area (Å²) in [5, 5.41) is 0.852. The van der Waals surface area contributed by atoms with Crippen LogP contribution in [0.1, 0.15) is 73.6 Å². The van der Waals surface area contributed by atoms with Crippen molar-refractivity contribution in [1.82, 2.24) is 0 Å². The summed E-state index contributed by atoms with van der Waals surface area (Å²) in [4.78, 5) is 25.1. The molecule has 34 heavy (non-hydrogen) atoms. The Morgan fingerprint density at radius 1 is 1.00 bits per heavy atom. The van der Waals surface area contributed by atoms with Crippen LogP contribution in [0.5, 0.6) is 0 Å². The lowest BCUT2D eigenvalue weighted by Crippen LogP contribution is -2.41. The molecule has 0 bridgehead atoms. The molecule has 8 heteroatoms. The maximum Gasteiger partial charge on any atom is 0.234 e. The Morgan fingerprint density at radius 3 is 2.26 bits per heavy atom. The lowest BCUT2D eigenvalue weighted by molar-refractivity contribution is -0.124. The van der Waals surface area contributed by atoms with Gasteiger partial charge in [-0.1, -0.05) is 118 Å². The van der Waals surface area contributed by atoms with Gasteiger partial charge in [0.2, 0.25) is 4.74 Å². The monoisotopic (exact) mass is 636 g/mol. The number of carbonyl (C=O) groups excluding carboxylic acids is 1. The smallest absolute Gasteiger partial charge is 0.234 e. The second-order valence-corrected chi connectivity index (χ2v) is 17.8. The zero-order valence-electron chi connectivity index (χ0n) is 21.1. The third-order valence-electron chi connectivity index (χ3n) is 6.55. The summed E-state index contributed by atoms with van der Waals surface area (Å²) in [6, 6.07) is 8.40. The van der Waals surface area contributed by atoms with E-state index in [0.29, 0.717) is 16.5 Å². The highest BCUT2D eigenvalue weighted by Crippen LogP contribution is 2.48. The van der Waals surface area contributed by atoms with Crippen molar-refractivity contribution in [3.05, 3.63) is 39.9 Å². The number of thioether (sulfide) groups is 1. The second-order valence-electron chi connectivity index (χ2n) is 10.7. The molecule has 0 unspecified atom stereocenters. The molecule has 0 spiro atoms. The third-order valence-corrected chi connectivity index (χ3v) is 10.9. The average Bonchev–Trinajstić information content (AvgIpc) is 2.70. The molecule has 1 aromatic heterocycles. The van der Waals surface area contributed by atoms with E-state index in [9.17, 15) is 18.0 Å². The topological polar surface area (TPSA) is 68.3 Å². The van der Waals surface area contributed by atoms with Gasteiger partial charge in [0.15, 0.2) is 15.0 Å². The first-order chi connectivity index (χ1) is 15.6. The van der Waals surface area contributed by atoms with E-state index >= 15 is 0 Å². The van der Waals surface area contributed by atoms with Gasteiger partial charge in [-0.2, -0.15) is 0 Å². The minimum atomic E-state index is -3.52. The minimum Gasteiger partial charge on any atom is -0.287 e. The first-order valence-corrected chi connectivity index (χ1v) is 16.2. The highest BCUT2D eigenvalue weighted by Gasteiger charge is 2.45. The maximum atomic E-state index is 13.0. The lowest BCUT2D eigenvalue weighted by atomic mass is 9.65. The first kappa shape index (κ1) is 29.8. The van der Waals surface area contributed by atoms with Gasteiger partial charge in [0, 0.05) is 30.7 Å². The van der Waals surface area contributed by atoms with Gasteiger partial charge in [-0.25, -0.2) is 8.42 Å². The highest BCUT2D eigenvalue weighted by molar-refractivity contribution is 14.1. The molecule has 0 aliphatic rings. The molecule has 0 saturated heterocycles. The number of unbranched alkanes of at least 4 members (excludes halogenated alkanes) is 3. The van der Waals surface area contributed by atoms with Crippen molar-refractivity contribution < 1.29 is 13.2 Å². The fraction of sp³-hybridized carbons (Fsp3) is 0.615. The maximum absolute atomic E-state index is 13.0. The first-order valence-electron chi connectivity index (χ1n) is 11.7. The molecule has 0 radical (unpaired) electrons. The van der Waals surface area contributed by atoms with Crippen molar-refractivity contribution in [3.8, 4) is 0 Å². The van der Waals surface area contributed by atoms with E-state index < -0.39 is 15.3 Å². The standard InChI is InChI=1S/C26H37IO4S3/c1-24(2,18-25(3,4)27)26(5,6)23(29)32-15-11-7-8-12-16-34(30,31)21-17-22(28)33-20-14-10-9-13-19(20)21/h9-10,13-14,17H,7-8,11-12,15-16,18H2,1-6H3. The average molecular weight is 637 g/mol. The Balaban J connectivity index is 1.82. The van der Waals surface area contributed by atoms with E-state index in [1.165, 1.54) is 17.8 Å². The number of carbonyl (C=O) groups is 1. The van der Waals surface area contributed by atoms with Crippen LogP contribution in [0.15, 0.2) is 40.0 Å². The number of sulfone groups is 1. The zero-order valence-corrected chi connectivity index (χ0v) is 25.7. The summed E-state index contributed by atoms with van der Waals surface area (Å²) < 4.78 is 26.4. The second kappa shape index (κ2) is 11.7. The largest absolute Gasteiger partial charge is 0.287 e. The number of benzene rings is 1. The minimum absolute atomic E-state index is 0.0322. The summed E-state index contributed by atoms with van der Waals surface area (Å²) in [5.74, 6) is 0.785. The van der Waals surface area contributed by atoms with Gasteiger partial charge in [0.25, 0.3) is 0 Å². The van der Waals surface area contributed by atoms with E-state index in [1.54, 1.807) is 18.2 Å². The van der Waals surface area contributed by atoms with E-state index in [0.717, 1.165) is 42.8 Å². The molecule has 0 amide bonds. The van der Waals surface area contributed by atoms with E-state index in [2.05, 4.69) is 64.1 Å². The third kappa shape index (κ3) is 8.03. The fourth-order valence-electron chi connectivity index (χ4n) is 4.09. The molecular formula is C26H37IO4S3. The van der Waals surface area contributed by atoms with Crippen LogP contribution >= 0.6 is 45.7 Å². The van der Waals surface area contributed by atoms with Crippen LogP contribution in [-0.2, 0) is 14.6 Å². The Kier molecular flexibility index (Phi) is 10.3. The van der Waals surface area contributed by atoms with Gasteiger partial charge in [-0.05, 0) is 30.7 Å². The van der Waals surface area contributed by atoms with Crippen LogP contribution in [0, 0.1) is 10.8 Å². The summed E-state index contributed by atoms with van der Waals surface area (Å²) >= 11 is 4.92. The zero-order chi connectivity index (χ0) is 25.8. The van der Waals surface area contributed by atoms with Crippen molar-refractivity contribution in [2.24, 2.45) is 10.8 Å². The summed E-state index contributed by atoms with van der Waals surface area (Å²) in [5.41, 5.74) is -0.531. The highest BCUT2D eigenvalue weighted by atomic mass is 127. The quantitative estimate of drug-likeness (QED) is 0.137. The number of fused-ring (bicyclic) bond motifs is 1. The normalized spacial score (nSPS) is 13.4. The van der Waals surface area contributed by atoms with Gasteiger partial charge in [0.05, 0.1) is 10.6 Å². The van der Waals surface area contributed by atoms with E-state index in [-0.39, 0.29) is 29.3 Å². The number of rotatable bonds is 12. The molecule has 2 rings (SSSR count). The number of hydrogen-bond donors (Lipinski definition) is 0. The molecule has 4 nitrogen and oxygen atoms in total. The SMILES string of the molecule is CC(C)(I)CC(C)(C)C(C)(C)C(=O)SCCCCCCS(=O)(=O)c1cc(=O)sc2ccccc12. The van der Waals surface area contributed by atoms with Crippen molar-refractivity contribution in [3.63, 3.8) is 0 Å². The van der Waals surface area contributed by atoms with Crippen molar-refractivity contribution in [2.45, 2.75) is 82.0 Å². The van der Waals surface area contributed by atoms with Gasteiger partial charge in [-0.3, -0.25) is 9.59 Å². The number of alkyl halides is 1. The number of hydrogen-bond acceptors (Lipinski definition) is 6. The summed E-state index contributed by atoms with van der Waals surface area (Å²) in [6.45, 7) is 12.9. The molecule has 0 N–H and O–H groups in total. The van der Waals surface area contributed by atoms with Crippen LogP contribution in [0.25, 0.3) is 10.1 Å². The fourth-order valence-corrected chi connectivity index (χ4v) is 8.79. The van der Waals surface area contributed by atoms with Gasteiger partial charge >= 0.3 is 0 Å². The van der Waals surface area contributed by atoms with Crippen molar-refractivity contribution in [1.29, 1.82) is 0 Å². The molecule has 190 valence electrons. The van der Waals surface area contributed by atoms with Crippen LogP contribution in [0.3, 0.4) is 0 Å². The van der Waals surface area contributed by atoms with Crippen LogP contribution < -0.4 is 4.74 Å². The Morgan fingerprint density at radius 2 is 1.62 bits per heavy atom. The molecule has 0 saturated carbocycles. The van der Waals surface area contributed by atoms with Crippen LogP contribution in [0.2, 0.25) is 0 Å². The Hall–Kier alpha value is -0.450. The lowest BCUT2D eigenvalue weighted by Gasteiger charge is -2.43. The van der Waals surface area contributed by atoms with Crippen molar-refractivity contribution in [2.75, 3.05) is 11.5 Å². The summed E-state index contributed by atoms with van der Waals surface area (Å²) in [6.07, 6.45) is 4.05. The molecule has 1 heterocycles. The molecule has 0 atom stereocenters. The molecular weight excluding hydrogens is 599 g/mol.